The zero-order chi connectivity index (χ0) is 20.0. The van der Waals surface area contributed by atoms with Crippen LogP contribution in [0.15, 0.2) is 35.7 Å². The van der Waals surface area contributed by atoms with Crippen molar-refractivity contribution in [3.8, 4) is 0 Å². The number of rotatable bonds is 9. The van der Waals surface area contributed by atoms with E-state index in [9.17, 15) is 9.59 Å². The molecule has 146 valence electrons. The minimum absolute atomic E-state index is 0.0720. The predicted molar refractivity (Wildman–Crippen MR) is 112 cm³/mol. The van der Waals surface area contributed by atoms with Gasteiger partial charge in [-0.05, 0) is 40.8 Å². The molecule has 2 aromatic rings. The van der Waals surface area contributed by atoms with E-state index >= 15 is 0 Å². The number of nitrogens with one attached hydrogen (secondary N) is 2. The summed E-state index contributed by atoms with van der Waals surface area (Å²) in [5, 5.41) is 8.33. The van der Waals surface area contributed by atoms with Gasteiger partial charge in [-0.25, -0.2) is 0 Å². The van der Waals surface area contributed by atoms with E-state index in [0.717, 1.165) is 6.42 Å². The van der Waals surface area contributed by atoms with Crippen molar-refractivity contribution in [3.05, 3.63) is 52.4 Å². The fourth-order valence-electron chi connectivity index (χ4n) is 3.04. The minimum atomic E-state index is -0.541. The minimum Gasteiger partial charge on any atom is -0.366 e. The van der Waals surface area contributed by atoms with Gasteiger partial charge in [0.1, 0.15) is 5.00 Å². The first-order valence-corrected chi connectivity index (χ1v) is 10.1. The molecule has 0 radical (unpaired) electrons. The second kappa shape index (κ2) is 9.67. The molecule has 0 aliphatic heterocycles. The number of thiophene rings is 1. The smallest absolute Gasteiger partial charge is 0.251 e. The summed E-state index contributed by atoms with van der Waals surface area (Å²) >= 11 is 1.29. The molecule has 0 unspecified atom stereocenters. The highest BCUT2D eigenvalue weighted by atomic mass is 32.1. The molecule has 0 saturated carbocycles. The van der Waals surface area contributed by atoms with Crippen LogP contribution in [-0.4, -0.2) is 18.4 Å². The summed E-state index contributed by atoms with van der Waals surface area (Å²) in [6.07, 6.45) is 1.06. The van der Waals surface area contributed by atoms with E-state index in [4.69, 9.17) is 5.73 Å². The van der Waals surface area contributed by atoms with Crippen molar-refractivity contribution in [2.24, 2.45) is 17.6 Å². The fraction of sp³-hybridized carbons (Fsp3) is 0.429. The number of benzene rings is 1. The summed E-state index contributed by atoms with van der Waals surface area (Å²) in [7, 11) is 0. The maximum absolute atomic E-state index is 12.3. The molecule has 1 atom stereocenters. The Kier molecular flexibility index (Phi) is 7.56. The van der Waals surface area contributed by atoms with E-state index in [-0.39, 0.29) is 18.5 Å². The lowest BCUT2D eigenvalue weighted by molar-refractivity contribution is -0.115. The van der Waals surface area contributed by atoms with Crippen LogP contribution in [0.2, 0.25) is 0 Å². The molecular weight excluding hydrogens is 358 g/mol. The quantitative estimate of drug-likeness (QED) is 0.609. The van der Waals surface area contributed by atoms with E-state index in [2.05, 4.69) is 62.6 Å². The fourth-order valence-corrected chi connectivity index (χ4v) is 3.85. The Morgan fingerprint density at radius 3 is 2.30 bits per heavy atom. The van der Waals surface area contributed by atoms with E-state index < -0.39 is 5.91 Å². The first-order valence-electron chi connectivity index (χ1n) is 9.27. The maximum Gasteiger partial charge on any atom is 0.251 e. The van der Waals surface area contributed by atoms with Crippen LogP contribution in [0.1, 0.15) is 55.2 Å². The SMILES string of the molecule is CC(C)Cc1ccc([C@@H](NCC(=O)Nc2sccc2C(N)=O)C(C)C)cc1. The van der Waals surface area contributed by atoms with E-state index in [1.165, 1.54) is 22.5 Å². The van der Waals surface area contributed by atoms with Gasteiger partial charge >= 0.3 is 0 Å². The molecule has 5 nitrogen and oxygen atoms in total. The van der Waals surface area contributed by atoms with Gasteiger partial charge in [-0.15, -0.1) is 11.3 Å². The first kappa shape index (κ1) is 21.1. The first-order chi connectivity index (χ1) is 12.8. The Labute approximate surface area is 165 Å². The molecule has 0 fully saturated rings. The van der Waals surface area contributed by atoms with Crippen molar-refractivity contribution in [1.29, 1.82) is 0 Å². The highest BCUT2D eigenvalue weighted by molar-refractivity contribution is 7.14. The molecule has 27 heavy (non-hydrogen) atoms. The monoisotopic (exact) mass is 387 g/mol. The second-order valence-corrected chi connectivity index (χ2v) is 8.43. The second-order valence-electron chi connectivity index (χ2n) is 7.52. The van der Waals surface area contributed by atoms with Crippen LogP contribution in [0, 0.1) is 11.8 Å². The number of primary amides is 1. The molecule has 1 heterocycles. The highest BCUT2D eigenvalue weighted by Gasteiger charge is 2.18. The van der Waals surface area contributed by atoms with Gasteiger partial charge in [-0.1, -0.05) is 52.0 Å². The third kappa shape index (κ3) is 6.19. The zero-order valence-corrected chi connectivity index (χ0v) is 17.2. The van der Waals surface area contributed by atoms with Crippen molar-refractivity contribution < 1.29 is 9.59 Å². The van der Waals surface area contributed by atoms with Gasteiger partial charge in [0.25, 0.3) is 5.91 Å². The molecule has 4 N–H and O–H groups in total. The molecule has 2 amide bonds. The number of hydrogen-bond donors (Lipinski definition) is 3. The van der Waals surface area contributed by atoms with Gasteiger partial charge in [0.05, 0.1) is 12.1 Å². The van der Waals surface area contributed by atoms with Crippen LogP contribution in [0.25, 0.3) is 0 Å². The van der Waals surface area contributed by atoms with Gasteiger partial charge in [0.2, 0.25) is 5.91 Å². The van der Waals surface area contributed by atoms with Crippen LogP contribution in [0.4, 0.5) is 5.00 Å². The van der Waals surface area contributed by atoms with Crippen LogP contribution in [0.3, 0.4) is 0 Å². The summed E-state index contributed by atoms with van der Waals surface area (Å²) in [5.74, 6) is 0.223. The summed E-state index contributed by atoms with van der Waals surface area (Å²) < 4.78 is 0. The van der Waals surface area contributed by atoms with Crippen LogP contribution < -0.4 is 16.4 Å². The Bertz CT molecular complexity index is 766. The van der Waals surface area contributed by atoms with Crippen LogP contribution in [-0.2, 0) is 11.2 Å². The number of carbonyl (C=O) groups excluding carboxylic acids is 2. The normalized spacial score (nSPS) is 12.4. The summed E-state index contributed by atoms with van der Waals surface area (Å²) in [6.45, 7) is 8.83. The zero-order valence-electron chi connectivity index (χ0n) is 16.4. The molecular formula is C21H29N3O2S. The molecule has 1 aromatic heterocycles. The van der Waals surface area contributed by atoms with Crippen molar-refractivity contribution in [3.63, 3.8) is 0 Å². The summed E-state index contributed by atoms with van der Waals surface area (Å²) in [6, 6.07) is 10.3. The lowest BCUT2D eigenvalue weighted by Gasteiger charge is -2.23. The lowest BCUT2D eigenvalue weighted by atomic mass is 9.94. The average molecular weight is 388 g/mol. The molecule has 0 saturated heterocycles. The van der Waals surface area contributed by atoms with E-state index in [1.54, 1.807) is 11.4 Å². The molecule has 0 bridgehead atoms. The lowest BCUT2D eigenvalue weighted by Crippen LogP contribution is -2.33. The molecule has 1 aromatic carbocycles. The molecule has 0 spiro atoms. The summed E-state index contributed by atoms with van der Waals surface area (Å²) in [4.78, 5) is 23.7. The van der Waals surface area contributed by atoms with E-state index in [1.807, 2.05) is 0 Å². The van der Waals surface area contributed by atoms with Gasteiger partial charge < -0.3 is 16.4 Å². The molecule has 2 rings (SSSR count). The maximum atomic E-state index is 12.3. The van der Waals surface area contributed by atoms with E-state index in [0.29, 0.717) is 22.4 Å². The van der Waals surface area contributed by atoms with Crippen LogP contribution >= 0.6 is 11.3 Å². The number of nitrogens with two attached hydrogens (primary N) is 1. The van der Waals surface area contributed by atoms with Gasteiger partial charge in [0.15, 0.2) is 0 Å². The van der Waals surface area contributed by atoms with Crippen molar-refractivity contribution in [2.75, 3.05) is 11.9 Å². The Morgan fingerprint density at radius 2 is 1.74 bits per heavy atom. The highest BCUT2D eigenvalue weighted by Crippen LogP contribution is 2.24. The van der Waals surface area contributed by atoms with Crippen molar-refractivity contribution in [2.45, 2.75) is 40.2 Å². The van der Waals surface area contributed by atoms with Crippen LogP contribution in [0.5, 0.6) is 0 Å². The third-order valence-corrected chi connectivity index (χ3v) is 5.15. The topological polar surface area (TPSA) is 84.2 Å². The Morgan fingerprint density at radius 1 is 1.07 bits per heavy atom. The standard InChI is InChI=1S/C21H29N3O2S/c1-13(2)11-15-5-7-16(8-6-15)19(14(3)4)23-12-18(25)24-21-17(20(22)26)9-10-27-21/h5-10,13-14,19,23H,11-12H2,1-4H3,(H2,22,26)(H,24,25)/t19-/m0/s1. The number of hydrogen-bond acceptors (Lipinski definition) is 4. The van der Waals surface area contributed by atoms with Gasteiger partial charge in [-0.2, -0.15) is 0 Å². The van der Waals surface area contributed by atoms with Gasteiger partial charge in [0, 0.05) is 6.04 Å². The van der Waals surface area contributed by atoms with Crippen molar-refractivity contribution in [1.82, 2.24) is 5.32 Å². The van der Waals surface area contributed by atoms with Crippen molar-refractivity contribution >= 4 is 28.2 Å². The van der Waals surface area contributed by atoms with Gasteiger partial charge in [-0.3, -0.25) is 9.59 Å². The Balaban J connectivity index is 1.98. The molecule has 0 aliphatic carbocycles. The number of anilines is 1. The molecule has 6 heteroatoms. The average Bonchev–Trinajstić information content (AvgIpc) is 3.04. The molecule has 0 aliphatic rings. The number of carbonyl (C=O) groups is 2. The third-order valence-electron chi connectivity index (χ3n) is 4.32. The number of amides is 2. The summed E-state index contributed by atoms with van der Waals surface area (Å²) in [5.41, 5.74) is 8.15. The predicted octanol–water partition coefficient (Wildman–Crippen LogP) is 3.97. The Hall–Kier alpha value is -2.18. The largest absolute Gasteiger partial charge is 0.366 e.